The molecule has 0 saturated carbocycles. The number of aryl methyl sites for hydroxylation is 1. The molecule has 34 heavy (non-hydrogen) atoms. The summed E-state index contributed by atoms with van der Waals surface area (Å²) in [7, 11) is 4.30. The fourth-order valence-electron chi connectivity index (χ4n) is 3.33. The minimum Gasteiger partial charge on any atom is -0.478 e. The first-order valence-electron chi connectivity index (χ1n) is 10.00. The Balaban J connectivity index is 0.000000202. The summed E-state index contributed by atoms with van der Waals surface area (Å²) >= 11 is 0. The van der Waals surface area contributed by atoms with Crippen LogP contribution in [-0.4, -0.2) is 56.0 Å². The number of hydrogen-bond donors (Lipinski definition) is 2. The molecule has 4 rings (SSSR count). The van der Waals surface area contributed by atoms with E-state index >= 15 is 0 Å². The average Bonchev–Trinajstić information content (AvgIpc) is 3.25. The summed E-state index contributed by atoms with van der Waals surface area (Å²) in [4.78, 5) is 57.5. The number of aromatic carboxylic acids is 1. The van der Waals surface area contributed by atoms with Crippen molar-refractivity contribution >= 4 is 39.8 Å². The molecular formula is C22H22N4O8. The van der Waals surface area contributed by atoms with Crippen molar-refractivity contribution < 1.29 is 29.0 Å². The Labute approximate surface area is 191 Å². The quantitative estimate of drug-likeness (QED) is 0.429. The second-order valence-corrected chi connectivity index (χ2v) is 7.10. The summed E-state index contributed by atoms with van der Waals surface area (Å²) in [6.45, 7) is 1.88. The van der Waals surface area contributed by atoms with E-state index in [-0.39, 0.29) is 34.2 Å². The maximum atomic E-state index is 12.1. The lowest BCUT2D eigenvalue weighted by Gasteiger charge is -2.06. The molecule has 0 aliphatic heterocycles. The molecule has 0 aliphatic carbocycles. The van der Waals surface area contributed by atoms with Gasteiger partial charge in [-0.1, -0.05) is 0 Å². The Morgan fingerprint density at radius 1 is 0.971 bits per heavy atom. The molecule has 0 aliphatic rings. The largest absolute Gasteiger partial charge is 0.478 e. The Morgan fingerprint density at radius 2 is 1.62 bits per heavy atom. The van der Waals surface area contributed by atoms with Gasteiger partial charge in [0.25, 0.3) is 11.1 Å². The second kappa shape index (κ2) is 9.48. The molecule has 2 aromatic heterocycles. The van der Waals surface area contributed by atoms with E-state index < -0.39 is 18.0 Å². The number of carboxylic acid groups (broad SMARTS) is 1. The zero-order valence-electron chi connectivity index (χ0n) is 18.8. The van der Waals surface area contributed by atoms with Crippen LogP contribution in [0.15, 0.2) is 46.0 Å². The highest BCUT2D eigenvalue weighted by Crippen LogP contribution is 2.15. The molecule has 178 valence electrons. The van der Waals surface area contributed by atoms with Gasteiger partial charge >= 0.3 is 18.0 Å². The molecular weight excluding hydrogens is 448 g/mol. The van der Waals surface area contributed by atoms with Crippen LogP contribution in [0.3, 0.4) is 0 Å². The van der Waals surface area contributed by atoms with Gasteiger partial charge in [-0.05, 0) is 43.3 Å². The normalized spacial score (nSPS) is 10.6. The van der Waals surface area contributed by atoms with Crippen molar-refractivity contribution in [2.75, 3.05) is 13.7 Å². The number of aromatic nitrogens is 4. The number of hydrogen-bond acceptors (Lipinski definition) is 7. The summed E-state index contributed by atoms with van der Waals surface area (Å²) in [5.41, 5.74) is 0.779. The number of carbonyl (C=O) groups is 3. The first-order valence-corrected chi connectivity index (χ1v) is 10.00. The molecule has 0 amide bonds. The molecule has 2 N–H and O–H groups in total. The highest BCUT2D eigenvalue weighted by Gasteiger charge is 2.18. The molecule has 4 aromatic rings. The molecule has 12 nitrogen and oxygen atoms in total. The molecule has 2 heterocycles. The van der Waals surface area contributed by atoms with Gasteiger partial charge in [-0.2, -0.15) is 4.68 Å². The summed E-state index contributed by atoms with van der Waals surface area (Å²) in [5, 5.41) is 12.2. The predicted molar refractivity (Wildman–Crippen MR) is 121 cm³/mol. The number of carbonyl (C=O) groups excluding carboxylic acids is 2. The van der Waals surface area contributed by atoms with E-state index in [4.69, 9.17) is 9.84 Å². The van der Waals surface area contributed by atoms with Crippen LogP contribution in [0.1, 0.15) is 27.6 Å². The Hall–Kier alpha value is -4.61. The van der Waals surface area contributed by atoms with Crippen molar-refractivity contribution in [3.63, 3.8) is 0 Å². The van der Waals surface area contributed by atoms with Crippen molar-refractivity contribution in [3.05, 3.63) is 68.2 Å². The molecule has 12 heteroatoms. The lowest BCUT2D eigenvalue weighted by Crippen LogP contribution is -2.25. The Kier molecular flexibility index (Phi) is 6.71. The van der Waals surface area contributed by atoms with Crippen LogP contribution in [0, 0.1) is 0 Å². The third kappa shape index (κ3) is 4.33. The number of H-pyrrole nitrogens is 1. The van der Waals surface area contributed by atoms with Crippen molar-refractivity contribution in [3.8, 4) is 0 Å². The van der Waals surface area contributed by atoms with E-state index in [9.17, 15) is 24.0 Å². The van der Waals surface area contributed by atoms with Gasteiger partial charge in [0.2, 0.25) is 0 Å². The van der Waals surface area contributed by atoms with E-state index in [1.807, 2.05) is 0 Å². The monoisotopic (exact) mass is 470 g/mol. The second-order valence-electron chi connectivity index (χ2n) is 7.10. The van der Waals surface area contributed by atoms with Crippen LogP contribution in [0.25, 0.3) is 21.8 Å². The summed E-state index contributed by atoms with van der Waals surface area (Å²) in [6.07, 6.45) is -0.645. The number of nitrogens with zero attached hydrogens (tertiary/aromatic N) is 3. The molecule has 0 unspecified atom stereocenters. The number of fused-ring (bicyclic) bond motifs is 2. The lowest BCUT2D eigenvalue weighted by molar-refractivity contribution is 0.0600. The number of aromatic amines is 1. The van der Waals surface area contributed by atoms with Crippen molar-refractivity contribution in [1.82, 2.24) is 19.1 Å². The zero-order valence-corrected chi connectivity index (χ0v) is 18.8. The molecule has 0 radical (unpaired) electrons. The fraction of sp³-hybridized carbons (Fsp3) is 0.227. The van der Waals surface area contributed by atoms with Gasteiger partial charge in [-0.15, -0.1) is 0 Å². The number of esters is 1. The van der Waals surface area contributed by atoms with Crippen LogP contribution in [0.5, 0.6) is 0 Å². The first kappa shape index (κ1) is 24.0. The minimum absolute atomic E-state index is 0.120. The molecule has 0 bridgehead atoms. The lowest BCUT2D eigenvalue weighted by atomic mass is 10.1. The number of methoxy groups -OCH3 is 1. The third-order valence-electron chi connectivity index (χ3n) is 5.00. The van der Waals surface area contributed by atoms with Crippen LogP contribution in [0.2, 0.25) is 0 Å². The topological polar surface area (TPSA) is 155 Å². The predicted octanol–water partition coefficient (Wildman–Crippen LogP) is 1.70. The highest BCUT2D eigenvalue weighted by molar-refractivity contribution is 5.96. The van der Waals surface area contributed by atoms with Gasteiger partial charge in [0.05, 0.1) is 46.6 Å². The molecule has 0 atom stereocenters. The first-order chi connectivity index (χ1) is 16.1. The standard InChI is InChI=1S/C13H14N2O5.C9H8N2O3/c1-4-20-13(18)15-10-6-5-8(12(17)19-3)7-9(10)11(16)14(15)2;1-11-8(12)6-4-5(9(13)14)2-3-7(6)10-11/h5-7H,4H2,1-3H3;2-4,10H,1H3,(H,13,14). The van der Waals surface area contributed by atoms with Crippen LogP contribution in [0.4, 0.5) is 4.79 Å². The van der Waals surface area contributed by atoms with Crippen molar-refractivity contribution in [2.45, 2.75) is 6.92 Å². The maximum Gasteiger partial charge on any atom is 0.433 e. The molecule has 2 aromatic carbocycles. The van der Waals surface area contributed by atoms with E-state index in [1.54, 1.807) is 20.0 Å². The summed E-state index contributed by atoms with van der Waals surface area (Å²) in [5.74, 6) is -1.58. The number of rotatable bonds is 3. The van der Waals surface area contributed by atoms with E-state index in [1.165, 1.54) is 49.2 Å². The summed E-state index contributed by atoms with van der Waals surface area (Å²) in [6, 6.07) is 8.82. The Morgan fingerprint density at radius 3 is 2.24 bits per heavy atom. The van der Waals surface area contributed by atoms with Gasteiger partial charge < -0.3 is 14.6 Å². The number of benzene rings is 2. The van der Waals surface area contributed by atoms with E-state index in [0.717, 1.165) is 9.36 Å². The number of nitrogens with one attached hydrogen (secondary N) is 1. The van der Waals surface area contributed by atoms with Gasteiger partial charge in [-0.25, -0.2) is 19.1 Å². The van der Waals surface area contributed by atoms with Gasteiger partial charge in [-0.3, -0.25) is 19.4 Å². The van der Waals surface area contributed by atoms with Gasteiger partial charge in [0, 0.05) is 14.1 Å². The SMILES string of the molecule is CCOC(=O)n1c2ccc(C(=O)OC)cc2c(=O)n1C.Cn1[nH]c2ccc(C(=O)O)cc2c1=O. The van der Waals surface area contributed by atoms with E-state index in [0.29, 0.717) is 16.4 Å². The number of carboxylic acids is 1. The minimum atomic E-state index is -1.03. The fourth-order valence-corrected chi connectivity index (χ4v) is 3.33. The maximum absolute atomic E-state index is 12.1. The van der Waals surface area contributed by atoms with Crippen LogP contribution >= 0.6 is 0 Å². The van der Waals surface area contributed by atoms with E-state index in [2.05, 4.69) is 9.84 Å². The van der Waals surface area contributed by atoms with Crippen molar-refractivity contribution in [1.29, 1.82) is 0 Å². The smallest absolute Gasteiger partial charge is 0.433 e. The molecule has 0 saturated heterocycles. The van der Waals surface area contributed by atoms with Crippen molar-refractivity contribution in [2.24, 2.45) is 14.1 Å². The van der Waals surface area contributed by atoms with Gasteiger partial charge in [0.1, 0.15) is 0 Å². The number of ether oxygens (including phenoxy) is 2. The highest BCUT2D eigenvalue weighted by atomic mass is 16.6. The summed E-state index contributed by atoms with van der Waals surface area (Å²) < 4.78 is 13.1. The third-order valence-corrected chi connectivity index (χ3v) is 5.00. The van der Waals surface area contributed by atoms with Crippen LogP contribution in [-0.2, 0) is 23.6 Å². The van der Waals surface area contributed by atoms with Crippen LogP contribution < -0.4 is 11.1 Å². The average molecular weight is 470 g/mol. The van der Waals surface area contributed by atoms with Gasteiger partial charge in [0.15, 0.2) is 0 Å². The molecule has 0 spiro atoms. The molecule has 0 fully saturated rings. The Bertz CT molecular complexity index is 1540. The zero-order chi connectivity index (χ0) is 25.2.